The summed E-state index contributed by atoms with van der Waals surface area (Å²) >= 11 is 0. The van der Waals surface area contributed by atoms with Gasteiger partial charge in [0.25, 0.3) is 5.91 Å². The normalized spacial score (nSPS) is 15.0. The number of hydrogen-bond acceptors (Lipinski definition) is 3. The van der Waals surface area contributed by atoms with Gasteiger partial charge in [-0.1, -0.05) is 12.1 Å². The highest BCUT2D eigenvalue weighted by Gasteiger charge is 2.24. The first kappa shape index (κ1) is 15.7. The number of nitrogens with zero attached hydrogens (tertiary/aromatic N) is 3. The summed E-state index contributed by atoms with van der Waals surface area (Å²) in [6.07, 6.45) is 1.74. The van der Waals surface area contributed by atoms with Crippen molar-refractivity contribution in [2.45, 2.75) is 13.8 Å². The molecule has 5 heteroatoms. The molecule has 2 aromatic heterocycles. The summed E-state index contributed by atoms with van der Waals surface area (Å²) in [5, 5.41) is 0. The van der Waals surface area contributed by atoms with Gasteiger partial charge in [-0.2, -0.15) is 0 Å². The number of carbonyl (C=O) groups excluding carboxylic acids is 1. The zero-order valence-corrected chi connectivity index (χ0v) is 14.6. The Hall–Kier alpha value is -2.82. The van der Waals surface area contributed by atoms with Gasteiger partial charge in [0.05, 0.1) is 11.0 Å². The van der Waals surface area contributed by atoms with E-state index in [0.29, 0.717) is 5.69 Å². The third-order valence-corrected chi connectivity index (χ3v) is 5.10. The van der Waals surface area contributed by atoms with E-state index in [1.807, 2.05) is 23.1 Å². The van der Waals surface area contributed by atoms with Gasteiger partial charge in [-0.3, -0.25) is 9.78 Å². The number of rotatable bonds is 2. The Balaban J connectivity index is 1.48. The molecule has 3 aromatic rings. The van der Waals surface area contributed by atoms with Gasteiger partial charge in [-0.05, 0) is 49.2 Å². The monoisotopic (exact) mass is 334 g/mol. The molecule has 0 bridgehead atoms. The summed E-state index contributed by atoms with van der Waals surface area (Å²) in [5.74, 6) is 0.0543. The van der Waals surface area contributed by atoms with Crippen LogP contribution < -0.4 is 4.90 Å². The molecular formula is C20H22N4O. The van der Waals surface area contributed by atoms with Gasteiger partial charge in [-0.15, -0.1) is 0 Å². The van der Waals surface area contributed by atoms with E-state index in [1.54, 1.807) is 6.20 Å². The highest BCUT2D eigenvalue weighted by molar-refractivity contribution is 5.97. The number of anilines is 1. The summed E-state index contributed by atoms with van der Waals surface area (Å²) < 4.78 is 0. The molecule has 4 rings (SSSR count). The zero-order valence-electron chi connectivity index (χ0n) is 14.6. The van der Waals surface area contributed by atoms with Gasteiger partial charge in [0.15, 0.2) is 0 Å². The Labute approximate surface area is 147 Å². The van der Waals surface area contributed by atoms with Crippen LogP contribution in [0.4, 0.5) is 5.69 Å². The van der Waals surface area contributed by atoms with Crippen molar-refractivity contribution in [3.63, 3.8) is 0 Å². The van der Waals surface area contributed by atoms with Crippen LogP contribution >= 0.6 is 0 Å². The Morgan fingerprint density at radius 1 is 1.08 bits per heavy atom. The molecule has 0 spiro atoms. The van der Waals surface area contributed by atoms with Crippen LogP contribution in [0.5, 0.6) is 0 Å². The molecule has 1 aliphatic rings. The fourth-order valence-corrected chi connectivity index (χ4v) is 3.47. The van der Waals surface area contributed by atoms with Crippen LogP contribution in [0.15, 0.2) is 42.6 Å². The third kappa shape index (κ3) is 2.86. The highest BCUT2D eigenvalue weighted by atomic mass is 16.2. The SMILES string of the molecule is Cc1cccc(N2CCN(C(=O)c3cc4ncccc4[nH]3)CC2)c1C. The number of aromatic amines is 1. The number of aryl methyl sites for hydroxylation is 1. The predicted octanol–water partition coefficient (Wildman–Crippen LogP) is 3.14. The van der Waals surface area contributed by atoms with Crippen molar-refractivity contribution in [3.05, 3.63) is 59.4 Å². The van der Waals surface area contributed by atoms with E-state index in [9.17, 15) is 4.79 Å². The van der Waals surface area contributed by atoms with Crippen molar-refractivity contribution in [3.8, 4) is 0 Å². The molecule has 25 heavy (non-hydrogen) atoms. The van der Waals surface area contributed by atoms with Gasteiger partial charge in [0, 0.05) is 38.1 Å². The molecular weight excluding hydrogens is 312 g/mol. The minimum Gasteiger partial charge on any atom is -0.368 e. The van der Waals surface area contributed by atoms with Gasteiger partial charge < -0.3 is 14.8 Å². The first-order chi connectivity index (χ1) is 12.1. The van der Waals surface area contributed by atoms with E-state index >= 15 is 0 Å². The maximum absolute atomic E-state index is 12.8. The van der Waals surface area contributed by atoms with Crippen LogP contribution in [-0.2, 0) is 0 Å². The summed E-state index contributed by atoms with van der Waals surface area (Å²) in [4.78, 5) is 24.6. The fraction of sp³-hybridized carbons (Fsp3) is 0.300. The Morgan fingerprint density at radius 2 is 1.88 bits per heavy atom. The molecule has 3 heterocycles. The van der Waals surface area contributed by atoms with Crippen molar-refractivity contribution >= 4 is 22.6 Å². The fourth-order valence-electron chi connectivity index (χ4n) is 3.47. The second-order valence-corrected chi connectivity index (χ2v) is 6.62. The van der Waals surface area contributed by atoms with Crippen molar-refractivity contribution < 1.29 is 4.79 Å². The molecule has 0 aliphatic carbocycles. The van der Waals surface area contributed by atoms with Crippen LogP contribution in [-0.4, -0.2) is 47.0 Å². The van der Waals surface area contributed by atoms with Crippen LogP contribution in [0.2, 0.25) is 0 Å². The third-order valence-electron chi connectivity index (χ3n) is 5.10. The Kier molecular flexibility index (Phi) is 3.92. The average molecular weight is 334 g/mol. The molecule has 1 aromatic carbocycles. The topological polar surface area (TPSA) is 52.2 Å². The van der Waals surface area contributed by atoms with Gasteiger partial charge >= 0.3 is 0 Å². The molecule has 1 aliphatic heterocycles. The second kappa shape index (κ2) is 6.24. The van der Waals surface area contributed by atoms with Crippen molar-refractivity contribution in [2.24, 2.45) is 0 Å². The molecule has 1 N–H and O–H groups in total. The number of pyridine rings is 1. The summed E-state index contributed by atoms with van der Waals surface area (Å²) in [7, 11) is 0. The maximum atomic E-state index is 12.8. The van der Waals surface area contributed by atoms with Crippen LogP contribution in [0.25, 0.3) is 11.0 Å². The number of amides is 1. The van der Waals surface area contributed by atoms with Crippen LogP contribution in [0, 0.1) is 13.8 Å². The number of H-pyrrole nitrogens is 1. The van der Waals surface area contributed by atoms with Crippen molar-refractivity contribution in [1.82, 2.24) is 14.9 Å². The number of carbonyl (C=O) groups is 1. The molecule has 1 fully saturated rings. The smallest absolute Gasteiger partial charge is 0.270 e. The molecule has 1 amide bonds. The minimum atomic E-state index is 0.0543. The lowest BCUT2D eigenvalue weighted by molar-refractivity contribution is 0.0742. The first-order valence-corrected chi connectivity index (χ1v) is 8.67. The van der Waals surface area contributed by atoms with E-state index in [1.165, 1.54) is 16.8 Å². The van der Waals surface area contributed by atoms with Crippen LogP contribution in [0.3, 0.4) is 0 Å². The largest absolute Gasteiger partial charge is 0.368 e. The molecule has 128 valence electrons. The minimum absolute atomic E-state index is 0.0543. The molecule has 0 unspecified atom stereocenters. The van der Waals surface area contributed by atoms with E-state index in [2.05, 4.69) is 46.9 Å². The molecule has 0 atom stereocenters. The quantitative estimate of drug-likeness (QED) is 0.783. The number of fused-ring (bicyclic) bond motifs is 1. The summed E-state index contributed by atoms with van der Waals surface area (Å²) in [5.41, 5.74) is 6.26. The summed E-state index contributed by atoms with van der Waals surface area (Å²) in [6, 6.07) is 12.1. The average Bonchev–Trinajstić information content (AvgIpc) is 3.08. The number of nitrogens with one attached hydrogen (secondary N) is 1. The number of benzene rings is 1. The van der Waals surface area contributed by atoms with Crippen molar-refractivity contribution in [2.75, 3.05) is 31.1 Å². The standard InChI is InChI=1S/C20H22N4O/c1-14-5-3-7-19(15(14)2)23-9-11-24(12-10-23)20(25)18-13-17-16(22-18)6-4-8-21-17/h3-8,13,22H,9-12H2,1-2H3. The number of piperazine rings is 1. The van der Waals surface area contributed by atoms with Crippen LogP contribution in [0.1, 0.15) is 21.6 Å². The van der Waals surface area contributed by atoms with Gasteiger partial charge in [0.1, 0.15) is 5.69 Å². The van der Waals surface area contributed by atoms with E-state index in [0.717, 1.165) is 37.2 Å². The molecule has 0 radical (unpaired) electrons. The lowest BCUT2D eigenvalue weighted by Gasteiger charge is -2.36. The first-order valence-electron chi connectivity index (χ1n) is 8.67. The highest BCUT2D eigenvalue weighted by Crippen LogP contribution is 2.24. The maximum Gasteiger partial charge on any atom is 0.270 e. The Morgan fingerprint density at radius 3 is 2.64 bits per heavy atom. The Bertz CT molecular complexity index is 889. The summed E-state index contributed by atoms with van der Waals surface area (Å²) in [6.45, 7) is 7.48. The van der Waals surface area contributed by atoms with Gasteiger partial charge in [-0.25, -0.2) is 0 Å². The number of hydrogen-bond donors (Lipinski definition) is 1. The number of aromatic nitrogens is 2. The molecule has 5 nitrogen and oxygen atoms in total. The zero-order chi connectivity index (χ0) is 17.4. The molecule has 1 saturated heterocycles. The van der Waals surface area contributed by atoms with Crippen molar-refractivity contribution in [1.29, 1.82) is 0 Å². The second-order valence-electron chi connectivity index (χ2n) is 6.62. The van der Waals surface area contributed by atoms with E-state index < -0.39 is 0 Å². The van der Waals surface area contributed by atoms with E-state index in [4.69, 9.17) is 0 Å². The van der Waals surface area contributed by atoms with E-state index in [-0.39, 0.29) is 5.91 Å². The predicted molar refractivity (Wildman–Crippen MR) is 100 cm³/mol. The lowest BCUT2D eigenvalue weighted by atomic mass is 10.1. The van der Waals surface area contributed by atoms with Gasteiger partial charge in [0.2, 0.25) is 0 Å². The molecule has 0 saturated carbocycles. The lowest BCUT2D eigenvalue weighted by Crippen LogP contribution is -2.49.